The summed E-state index contributed by atoms with van der Waals surface area (Å²) in [6, 6.07) is 9.83. The summed E-state index contributed by atoms with van der Waals surface area (Å²) >= 11 is 6.82. The number of hydrogen-bond acceptors (Lipinski definition) is 1. The van der Waals surface area contributed by atoms with Crippen molar-refractivity contribution in [2.75, 3.05) is 0 Å². The van der Waals surface area contributed by atoms with Crippen molar-refractivity contribution < 1.29 is 4.79 Å². The normalized spacial score (nSPS) is 14.1. The number of Topliss-reactive ketones (excluding diaryl/α,β-unsaturated/α-hetero) is 1. The number of rotatable bonds is 0. The molecule has 1 aliphatic rings. The second-order valence-electron chi connectivity index (χ2n) is 3.69. The summed E-state index contributed by atoms with van der Waals surface area (Å²) in [6.07, 6.45) is 1.88. The third-order valence-electron chi connectivity index (χ3n) is 2.76. The van der Waals surface area contributed by atoms with Crippen molar-refractivity contribution in [3.8, 4) is 0 Å². The highest BCUT2D eigenvalue weighted by molar-refractivity contribution is 9.12. The van der Waals surface area contributed by atoms with E-state index in [-0.39, 0.29) is 5.78 Å². The monoisotopic (exact) mass is 336 g/mol. The van der Waals surface area contributed by atoms with Crippen LogP contribution in [0.25, 0.3) is 16.8 Å². The van der Waals surface area contributed by atoms with Gasteiger partial charge in [0.25, 0.3) is 0 Å². The maximum atomic E-state index is 12.0. The maximum absolute atomic E-state index is 12.0. The minimum Gasteiger partial charge on any atom is -0.288 e. The summed E-state index contributed by atoms with van der Waals surface area (Å²) in [6.45, 7) is 0. The third-order valence-corrected chi connectivity index (χ3v) is 4.04. The van der Waals surface area contributed by atoms with Gasteiger partial charge in [0.1, 0.15) is 0 Å². The molecule has 1 nitrogen and oxygen atoms in total. The minimum absolute atomic E-state index is 0.0520. The Morgan fingerprint density at radius 3 is 2.62 bits per heavy atom. The van der Waals surface area contributed by atoms with Crippen LogP contribution in [0, 0.1) is 0 Å². The van der Waals surface area contributed by atoms with Gasteiger partial charge in [0.15, 0.2) is 0 Å². The van der Waals surface area contributed by atoms with Gasteiger partial charge in [-0.15, -0.1) is 0 Å². The molecule has 0 spiro atoms. The Morgan fingerprint density at radius 2 is 1.81 bits per heavy atom. The van der Waals surface area contributed by atoms with Crippen molar-refractivity contribution in [3.05, 3.63) is 50.4 Å². The van der Waals surface area contributed by atoms with E-state index in [9.17, 15) is 4.79 Å². The summed E-state index contributed by atoms with van der Waals surface area (Å²) in [5, 5.41) is 2.12. The molecule has 3 rings (SSSR count). The molecular formula is C13H6Br2O. The maximum Gasteiger partial charge on any atom is 0.200 e. The van der Waals surface area contributed by atoms with Crippen molar-refractivity contribution in [3.63, 3.8) is 0 Å². The number of halogens is 2. The van der Waals surface area contributed by atoms with E-state index >= 15 is 0 Å². The molecule has 0 aromatic heterocycles. The van der Waals surface area contributed by atoms with Gasteiger partial charge in [-0.1, -0.05) is 40.2 Å². The highest BCUT2D eigenvalue weighted by Gasteiger charge is 2.20. The fraction of sp³-hybridized carbons (Fsp3) is 0. The van der Waals surface area contributed by atoms with Gasteiger partial charge in [-0.05, 0) is 39.0 Å². The molecule has 0 fully saturated rings. The van der Waals surface area contributed by atoms with Gasteiger partial charge >= 0.3 is 0 Å². The Hall–Kier alpha value is -0.930. The van der Waals surface area contributed by atoms with Crippen molar-refractivity contribution in [1.29, 1.82) is 0 Å². The number of ketones is 1. The highest BCUT2D eigenvalue weighted by Crippen LogP contribution is 2.36. The first-order valence-electron chi connectivity index (χ1n) is 4.81. The lowest BCUT2D eigenvalue weighted by atomic mass is 9.92. The Bertz CT molecular complexity index is 656. The lowest BCUT2D eigenvalue weighted by molar-refractivity contribution is 0.104. The number of benzene rings is 2. The quantitative estimate of drug-likeness (QED) is 0.690. The van der Waals surface area contributed by atoms with E-state index in [0.29, 0.717) is 4.48 Å². The van der Waals surface area contributed by atoms with Crippen LogP contribution in [0.2, 0.25) is 0 Å². The fourth-order valence-corrected chi connectivity index (χ4v) is 2.96. The van der Waals surface area contributed by atoms with Gasteiger partial charge in [0, 0.05) is 15.4 Å². The van der Waals surface area contributed by atoms with E-state index < -0.39 is 0 Å². The van der Waals surface area contributed by atoms with Gasteiger partial charge in [-0.2, -0.15) is 0 Å². The van der Waals surface area contributed by atoms with Crippen molar-refractivity contribution in [2.24, 2.45) is 0 Å². The van der Waals surface area contributed by atoms with E-state index in [1.165, 1.54) is 0 Å². The van der Waals surface area contributed by atoms with Crippen molar-refractivity contribution in [1.82, 2.24) is 0 Å². The van der Waals surface area contributed by atoms with Gasteiger partial charge < -0.3 is 0 Å². The fourth-order valence-electron chi connectivity index (χ4n) is 2.04. The molecule has 2 aromatic carbocycles. The van der Waals surface area contributed by atoms with Gasteiger partial charge in [0.2, 0.25) is 5.78 Å². The zero-order valence-electron chi connectivity index (χ0n) is 8.13. The Morgan fingerprint density at radius 1 is 1.00 bits per heavy atom. The molecule has 0 bridgehead atoms. The molecule has 1 aliphatic carbocycles. The number of carbonyl (C=O) groups is 1. The third kappa shape index (κ3) is 1.31. The molecule has 78 valence electrons. The van der Waals surface area contributed by atoms with Gasteiger partial charge in [-0.25, -0.2) is 0 Å². The van der Waals surface area contributed by atoms with Crippen LogP contribution in [0.4, 0.5) is 0 Å². The smallest absolute Gasteiger partial charge is 0.200 e. The van der Waals surface area contributed by atoms with E-state index in [1.54, 1.807) is 0 Å². The Kier molecular flexibility index (Phi) is 2.26. The second kappa shape index (κ2) is 3.54. The first kappa shape index (κ1) is 10.2. The Balaban J connectivity index is 2.56. The van der Waals surface area contributed by atoms with Crippen LogP contribution in [-0.2, 0) is 0 Å². The molecule has 0 aliphatic heterocycles. The van der Waals surface area contributed by atoms with Crippen LogP contribution in [0.3, 0.4) is 0 Å². The molecule has 0 N–H and O–H groups in total. The van der Waals surface area contributed by atoms with Crippen LogP contribution in [0.1, 0.15) is 15.9 Å². The summed E-state index contributed by atoms with van der Waals surface area (Å²) in [5.74, 6) is 0.0520. The van der Waals surface area contributed by atoms with E-state index in [0.717, 1.165) is 26.4 Å². The zero-order chi connectivity index (χ0) is 11.3. The van der Waals surface area contributed by atoms with Gasteiger partial charge in [-0.3, -0.25) is 4.79 Å². The average molecular weight is 338 g/mol. The first-order chi connectivity index (χ1) is 7.68. The van der Waals surface area contributed by atoms with Crippen molar-refractivity contribution in [2.45, 2.75) is 0 Å². The summed E-state index contributed by atoms with van der Waals surface area (Å²) in [4.78, 5) is 12.0. The largest absolute Gasteiger partial charge is 0.288 e. The lowest BCUT2D eigenvalue weighted by Crippen LogP contribution is -2.05. The van der Waals surface area contributed by atoms with E-state index in [4.69, 9.17) is 0 Å². The number of allylic oxidation sites excluding steroid dienone is 1. The average Bonchev–Trinajstić information content (AvgIpc) is 2.30. The standard InChI is InChI=1S/C13H6Br2O/c14-10-5-4-7-6-11(15)13(16)9-3-1-2-8(10)12(7)9/h1-6H. The molecule has 0 saturated carbocycles. The summed E-state index contributed by atoms with van der Waals surface area (Å²) in [5.41, 5.74) is 1.85. The van der Waals surface area contributed by atoms with E-state index in [2.05, 4.69) is 31.9 Å². The Labute approximate surface area is 109 Å². The second-order valence-corrected chi connectivity index (χ2v) is 5.39. The topological polar surface area (TPSA) is 17.1 Å². The van der Waals surface area contributed by atoms with Crippen molar-refractivity contribution >= 4 is 54.5 Å². The molecule has 0 heterocycles. The molecular weight excluding hydrogens is 332 g/mol. The van der Waals surface area contributed by atoms with Crippen LogP contribution < -0.4 is 0 Å². The molecule has 0 saturated heterocycles. The van der Waals surface area contributed by atoms with E-state index in [1.807, 2.05) is 36.4 Å². The molecule has 0 unspecified atom stereocenters. The molecule has 2 aromatic rings. The summed E-state index contributed by atoms with van der Waals surface area (Å²) in [7, 11) is 0. The highest BCUT2D eigenvalue weighted by atomic mass is 79.9. The number of carbonyl (C=O) groups excluding carboxylic acids is 1. The molecule has 0 atom stereocenters. The minimum atomic E-state index is 0.0520. The van der Waals surface area contributed by atoms with Crippen LogP contribution in [0.15, 0.2) is 39.3 Å². The predicted molar refractivity (Wildman–Crippen MR) is 72.9 cm³/mol. The zero-order valence-corrected chi connectivity index (χ0v) is 11.3. The van der Waals surface area contributed by atoms with Crippen LogP contribution in [-0.4, -0.2) is 5.78 Å². The van der Waals surface area contributed by atoms with Crippen LogP contribution in [0.5, 0.6) is 0 Å². The summed E-state index contributed by atoms with van der Waals surface area (Å²) < 4.78 is 1.64. The van der Waals surface area contributed by atoms with Gasteiger partial charge in [0.05, 0.1) is 4.48 Å². The molecule has 16 heavy (non-hydrogen) atoms. The molecule has 3 heteroatoms. The van der Waals surface area contributed by atoms with Crippen LogP contribution >= 0.6 is 31.9 Å². The molecule has 0 amide bonds. The predicted octanol–water partition coefficient (Wildman–Crippen LogP) is 4.53. The first-order valence-corrected chi connectivity index (χ1v) is 6.40. The molecule has 0 radical (unpaired) electrons. The SMILES string of the molecule is O=C1C(Br)=Cc2ccc(Br)c3cccc1c23. The number of hydrogen-bond donors (Lipinski definition) is 0. The lowest BCUT2D eigenvalue weighted by Gasteiger charge is -2.14.